The van der Waals surface area contributed by atoms with Crippen molar-refractivity contribution in [2.24, 2.45) is 0 Å². The molecule has 0 saturated carbocycles. The van der Waals surface area contributed by atoms with Crippen molar-refractivity contribution in [3.05, 3.63) is 215 Å². The van der Waals surface area contributed by atoms with Crippen molar-refractivity contribution in [1.29, 1.82) is 0 Å². The lowest BCUT2D eigenvalue weighted by atomic mass is 9.72. The first-order valence-corrected chi connectivity index (χ1v) is 29.2. The van der Waals surface area contributed by atoms with Gasteiger partial charge in [-0.1, -0.05) is 217 Å². The first kappa shape index (κ1) is 54.3. The van der Waals surface area contributed by atoms with Crippen molar-refractivity contribution in [3.63, 3.8) is 0 Å². The fourth-order valence-corrected chi connectivity index (χ4v) is 12.5. The Morgan fingerprint density at radius 1 is 0.256 bits per heavy atom. The van der Waals surface area contributed by atoms with E-state index in [0.29, 0.717) is 34.5 Å². The summed E-state index contributed by atoms with van der Waals surface area (Å²) in [5.74, 6) is 3.86. The summed E-state index contributed by atoms with van der Waals surface area (Å²) < 4.78 is 43.6. The molecule has 0 atom stereocenters. The van der Waals surface area contributed by atoms with Crippen LogP contribution in [-0.4, -0.2) is 0 Å². The smallest absolute Gasteiger partial charge is 0.408 e. The molecule has 0 aliphatic carbocycles. The SMILES string of the molecule is Cc1c(C(C)(C)C)cc(C(C)(C)C)c(OP(Oc2ccc3ccccc3c2)Oc2ccc3ccccc3c2)c1-c1c(C)c(C(C)(C)C)cc(C(C)(C)C)c1OP(Oc1ccc2ccccc2c1)Oc1ccc2ccccc2c1. The van der Waals surface area contributed by atoms with E-state index in [2.05, 4.69) is 230 Å². The van der Waals surface area contributed by atoms with E-state index in [1.54, 1.807) is 0 Å². The molecule has 0 aliphatic rings. The van der Waals surface area contributed by atoms with E-state index in [0.717, 1.165) is 76.5 Å². The Balaban J connectivity index is 1.24. The third-order valence-corrected chi connectivity index (χ3v) is 16.6. The van der Waals surface area contributed by atoms with Crippen LogP contribution in [0.1, 0.15) is 116 Å². The summed E-state index contributed by atoms with van der Waals surface area (Å²) in [7, 11) is -4.40. The zero-order valence-corrected chi connectivity index (χ0v) is 49.5. The Kier molecular flexibility index (Phi) is 14.8. The molecule has 0 spiro atoms. The maximum atomic E-state index is 7.68. The van der Waals surface area contributed by atoms with Gasteiger partial charge in [-0.3, -0.25) is 0 Å². The van der Waals surface area contributed by atoms with Crippen LogP contribution in [0.15, 0.2) is 182 Å². The molecule has 0 N–H and O–H groups in total. The quantitative estimate of drug-likeness (QED) is 0.107. The number of hydrogen-bond acceptors (Lipinski definition) is 6. The Hall–Kier alpha value is -7.10. The summed E-state index contributed by atoms with van der Waals surface area (Å²) in [4.78, 5) is 0. The molecule has 0 amide bonds. The maximum Gasteiger partial charge on any atom is 0.530 e. The van der Waals surface area contributed by atoms with Crippen LogP contribution >= 0.6 is 17.2 Å². The molecule has 0 bridgehead atoms. The van der Waals surface area contributed by atoms with E-state index >= 15 is 0 Å². The zero-order chi connectivity index (χ0) is 55.3. The maximum absolute atomic E-state index is 7.68. The van der Waals surface area contributed by atoms with E-state index in [-0.39, 0.29) is 10.8 Å². The number of fused-ring (bicyclic) bond motifs is 4. The second-order valence-corrected chi connectivity index (χ2v) is 26.6. The van der Waals surface area contributed by atoms with Gasteiger partial charge in [0.25, 0.3) is 0 Å². The molecule has 0 heterocycles. The van der Waals surface area contributed by atoms with Crippen LogP contribution in [0.5, 0.6) is 34.5 Å². The van der Waals surface area contributed by atoms with E-state index in [1.807, 2.05) is 48.5 Å². The molecule has 0 aromatic heterocycles. The first-order valence-electron chi connectivity index (χ1n) is 27.0. The van der Waals surface area contributed by atoms with Crippen molar-refractivity contribution in [3.8, 4) is 45.6 Å². The molecule has 10 rings (SSSR count). The van der Waals surface area contributed by atoms with E-state index in [9.17, 15) is 0 Å². The molecule has 0 unspecified atom stereocenters. The summed E-state index contributed by atoms with van der Waals surface area (Å²) in [5, 5.41) is 8.66. The fourth-order valence-electron chi connectivity index (χ4n) is 10.5. The lowest BCUT2D eigenvalue weighted by Crippen LogP contribution is -2.22. The highest BCUT2D eigenvalue weighted by molar-refractivity contribution is 7.43. The Bertz CT molecular complexity index is 3440. The lowest BCUT2D eigenvalue weighted by molar-refractivity contribution is 0.379. The number of rotatable bonds is 13. The van der Waals surface area contributed by atoms with Gasteiger partial charge >= 0.3 is 17.2 Å². The van der Waals surface area contributed by atoms with Crippen LogP contribution < -0.4 is 27.1 Å². The summed E-state index contributed by atoms with van der Waals surface area (Å²) in [6, 6.07) is 62.5. The number of benzene rings is 10. The number of hydrogen-bond donors (Lipinski definition) is 0. The molecule has 6 nitrogen and oxygen atoms in total. The van der Waals surface area contributed by atoms with Crippen LogP contribution in [0.4, 0.5) is 0 Å². The van der Waals surface area contributed by atoms with Gasteiger partial charge in [0.2, 0.25) is 0 Å². The molecule has 0 aliphatic heterocycles. The van der Waals surface area contributed by atoms with Gasteiger partial charge in [-0.2, -0.15) is 0 Å². The molecule has 10 aromatic carbocycles. The van der Waals surface area contributed by atoms with E-state index < -0.39 is 28.0 Å². The van der Waals surface area contributed by atoms with Crippen molar-refractivity contribution >= 4 is 60.3 Å². The standard InChI is InChI=1S/C70H72O6P2/c1-45-59(67(3,4)5)43-61(69(9,10)11)65(75-77(71-55-35-31-47-23-15-19-27-51(47)39-55)72-56-36-32-48-24-16-20-28-52(48)40-56)63(45)64-46(2)60(68(6,7)8)44-62(70(12,13)14)66(64)76-78(73-57-37-33-49-25-17-21-29-53(49)41-57)74-58-38-34-50-26-18-22-30-54(50)42-58/h15-44H,1-14H3. The predicted octanol–water partition coefficient (Wildman–Crippen LogP) is 21.3. The second kappa shape index (κ2) is 21.3. The van der Waals surface area contributed by atoms with Gasteiger partial charge in [-0.15, -0.1) is 0 Å². The average Bonchev–Trinajstić information content (AvgIpc) is 3.59. The summed E-state index contributed by atoms with van der Waals surface area (Å²) in [5.41, 5.74) is 6.91. The van der Waals surface area contributed by atoms with E-state index in [4.69, 9.17) is 27.1 Å². The minimum atomic E-state index is -2.20. The van der Waals surface area contributed by atoms with Gasteiger partial charge in [0, 0.05) is 22.3 Å². The molecular weight excluding hydrogens is 999 g/mol. The van der Waals surface area contributed by atoms with Crippen LogP contribution in [0.2, 0.25) is 0 Å². The van der Waals surface area contributed by atoms with E-state index in [1.165, 1.54) is 11.1 Å². The Labute approximate surface area is 464 Å². The molecule has 0 fully saturated rings. The largest absolute Gasteiger partial charge is 0.530 e. The van der Waals surface area contributed by atoms with Gasteiger partial charge in [0.1, 0.15) is 34.5 Å². The summed E-state index contributed by atoms with van der Waals surface area (Å²) >= 11 is 0. The molecular formula is C70H72O6P2. The molecule has 10 aromatic rings. The summed E-state index contributed by atoms with van der Waals surface area (Å²) in [6.45, 7) is 31.7. The minimum absolute atomic E-state index is 0.278. The fraction of sp³-hybridized carbons (Fsp3) is 0.257. The summed E-state index contributed by atoms with van der Waals surface area (Å²) in [6.07, 6.45) is 0. The van der Waals surface area contributed by atoms with Crippen molar-refractivity contribution in [1.82, 2.24) is 0 Å². The van der Waals surface area contributed by atoms with Crippen LogP contribution in [0.3, 0.4) is 0 Å². The van der Waals surface area contributed by atoms with Crippen LogP contribution in [-0.2, 0) is 21.7 Å². The van der Waals surface area contributed by atoms with Crippen molar-refractivity contribution in [2.75, 3.05) is 0 Å². The third-order valence-electron chi connectivity index (χ3n) is 14.5. The van der Waals surface area contributed by atoms with Crippen molar-refractivity contribution in [2.45, 2.75) is 119 Å². The van der Waals surface area contributed by atoms with Gasteiger partial charge < -0.3 is 27.1 Å². The van der Waals surface area contributed by atoms with Gasteiger partial charge in [-0.25, -0.2) is 0 Å². The average molecular weight is 1070 g/mol. The Morgan fingerprint density at radius 2 is 0.487 bits per heavy atom. The van der Waals surface area contributed by atoms with Crippen LogP contribution in [0.25, 0.3) is 54.2 Å². The van der Waals surface area contributed by atoms with Gasteiger partial charge in [0.15, 0.2) is 0 Å². The van der Waals surface area contributed by atoms with Crippen LogP contribution in [0, 0.1) is 13.8 Å². The van der Waals surface area contributed by atoms with Crippen molar-refractivity contribution < 1.29 is 27.1 Å². The monoisotopic (exact) mass is 1070 g/mol. The second-order valence-electron chi connectivity index (χ2n) is 24.6. The third kappa shape index (κ3) is 11.7. The molecule has 0 saturated heterocycles. The molecule has 8 heteroatoms. The highest BCUT2D eigenvalue weighted by Crippen LogP contribution is 2.58. The topological polar surface area (TPSA) is 55.4 Å². The highest BCUT2D eigenvalue weighted by atomic mass is 31.2. The predicted molar refractivity (Wildman–Crippen MR) is 330 cm³/mol. The van der Waals surface area contributed by atoms with Gasteiger partial charge in [-0.05, 0) is 149 Å². The molecule has 0 radical (unpaired) electrons. The molecule has 398 valence electrons. The lowest BCUT2D eigenvalue weighted by Gasteiger charge is -2.36. The minimum Gasteiger partial charge on any atom is -0.408 e. The molecule has 78 heavy (non-hydrogen) atoms. The normalized spacial score (nSPS) is 12.5. The Morgan fingerprint density at radius 3 is 0.718 bits per heavy atom. The highest BCUT2D eigenvalue weighted by Gasteiger charge is 2.39. The first-order chi connectivity index (χ1) is 37.0. The zero-order valence-electron chi connectivity index (χ0n) is 47.7. The van der Waals surface area contributed by atoms with Gasteiger partial charge in [0.05, 0.1) is 0 Å².